The fourth-order valence-corrected chi connectivity index (χ4v) is 3.17. The molecule has 5 nitrogen and oxygen atoms in total. The molecule has 2 aromatic rings. The van der Waals surface area contributed by atoms with Gasteiger partial charge < -0.3 is 19.5 Å². The molecule has 1 aliphatic heterocycles. The summed E-state index contributed by atoms with van der Waals surface area (Å²) >= 11 is 0. The Bertz CT molecular complexity index is 714. The number of hydrogen-bond donors (Lipinski definition) is 1. The van der Waals surface area contributed by atoms with Gasteiger partial charge >= 0.3 is 0 Å². The van der Waals surface area contributed by atoms with Gasteiger partial charge in [-0.2, -0.15) is 0 Å². The first kappa shape index (κ1) is 17.1. The molecular formula is C20H23NO4. The van der Waals surface area contributed by atoms with E-state index in [2.05, 4.69) is 0 Å². The summed E-state index contributed by atoms with van der Waals surface area (Å²) < 4.78 is 11.0. The van der Waals surface area contributed by atoms with Crippen molar-refractivity contribution < 1.29 is 19.4 Å². The summed E-state index contributed by atoms with van der Waals surface area (Å²) in [4.78, 5) is 14.4. The van der Waals surface area contributed by atoms with Crippen LogP contribution in [0.2, 0.25) is 0 Å². The SMILES string of the molecule is CCOc1ccc(C2CCCN2C(=O)COc2ccccc2O)cc1. The second-order valence-electron chi connectivity index (χ2n) is 6.00. The Morgan fingerprint density at radius 2 is 1.92 bits per heavy atom. The van der Waals surface area contributed by atoms with Crippen molar-refractivity contribution in [1.29, 1.82) is 0 Å². The minimum Gasteiger partial charge on any atom is -0.504 e. The number of aromatic hydroxyl groups is 1. The molecule has 0 bridgehead atoms. The molecule has 1 aliphatic rings. The molecule has 1 amide bonds. The van der Waals surface area contributed by atoms with Crippen molar-refractivity contribution in [2.24, 2.45) is 0 Å². The fourth-order valence-electron chi connectivity index (χ4n) is 3.17. The fraction of sp³-hybridized carbons (Fsp3) is 0.350. The van der Waals surface area contributed by atoms with Gasteiger partial charge in [-0.3, -0.25) is 4.79 Å². The van der Waals surface area contributed by atoms with Crippen LogP contribution >= 0.6 is 0 Å². The molecule has 2 aromatic carbocycles. The molecule has 1 fully saturated rings. The number of benzene rings is 2. The second kappa shape index (κ2) is 7.92. The van der Waals surface area contributed by atoms with Crippen molar-refractivity contribution in [2.45, 2.75) is 25.8 Å². The van der Waals surface area contributed by atoms with Gasteiger partial charge in [0, 0.05) is 6.54 Å². The predicted molar refractivity (Wildman–Crippen MR) is 94.9 cm³/mol. The van der Waals surface area contributed by atoms with Gasteiger partial charge in [0.05, 0.1) is 12.6 Å². The van der Waals surface area contributed by atoms with E-state index in [1.807, 2.05) is 36.1 Å². The third-order valence-corrected chi connectivity index (χ3v) is 4.37. The highest BCUT2D eigenvalue weighted by Gasteiger charge is 2.30. The molecule has 1 atom stereocenters. The lowest BCUT2D eigenvalue weighted by molar-refractivity contribution is -0.134. The zero-order chi connectivity index (χ0) is 17.6. The summed E-state index contributed by atoms with van der Waals surface area (Å²) in [6, 6.07) is 14.7. The van der Waals surface area contributed by atoms with E-state index < -0.39 is 0 Å². The molecule has 5 heteroatoms. The van der Waals surface area contributed by atoms with E-state index in [4.69, 9.17) is 9.47 Å². The number of nitrogens with zero attached hydrogens (tertiary/aromatic N) is 1. The third kappa shape index (κ3) is 4.05. The molecule has 132 valence electrons. The Balaban J connectivity index is 1.64. The van der Waals surface area contributed by atoms with Gasteiger partial charge in [-0.05, 0) is 49.6 Å². The van der Waals surface area contributed by atoms with Gasteiger partial charge in [0.2, 0.25) is 0 Å². The van der Waals surface area contributed by atoms with Gasteiger partial charge in [0.25, 0.3) is 5.91 Å². The van der Waals surface area contributed by atoms with Crippen molar-refractivity contribution >= 4 is 5.91 Å². The lowest BCUT2D eigenvalue weighted by Gasteiger charge is -2.25. The number of likely N-dealkylation sites (tertiary alicyclic amines) is 1. The number of carbonyl (C=O) groups is 1. The van der Waals surface area contributed by atoms with Crippen LogP contribution in [0.1, 0.15) is 31.4 Å². The smallest absolute Gasteiger partial charge is 0.261 e. The number of phenolic OH excluding ortho intramolecular Hbond substituents is 1. The third-order valence-electron chi connectivity index (χ3n) is 4.37. The van der Waals surface area contributed by atoms with Crippen LogP contribution in [0.3, 0.4) is 0 Å². The average Bonchev–Trinajstić information content (AvgIpc) is 3.11. The highest BCUT2D eigenvalue weighted by molar-refractivity contribution is 5.78. The Labute approximate surface area is 147 Å². The van der Waals surface area contributed by atoms with Gasteiger partial charge in [-0.25, -0.2) is 0 Å². The van der Waals surface area contributed by atoms with Crippen LogP contribution in [-0.2, 0) is 4.79 Å². The second-order valence-corrected chi connectivity index (χ2v) is 6.00. The summed E-state index contributed by atoms with van der Waals surface area (Å²) in [7, 11) is 0. The molecule has 1 unspecified atom stereocenters. The zero-order valence-electron chi connectivity index (χ0n) is 14.4. The normalized spacial score (nSPS) is 16.7. The van der Waals surface area contributed by atoms with Crippen molar-refractivity contribution in [3.63, 3.8) is 0 Å². The van der Waals surface area contributed by atoms with Crippen LogP contribution in [0.4, 0.5) is 0 Å². The first-order valence-electron chi connectivity index (χ1n) is 8.62. The number of phenols is 1. The molecule has 0 spiro atoms. The number of rotatable bonds is 6. The van der Waals surface area contributed by atoms with E-state index in [1.54, 1.807) is 24.3 Å². The standard InChI is InChI=1S/C20H23NO4/c1-2-24-16-11-9-15(10-12-16)17-6-5-13-21(17)20(23)14-25-19-8-4-3-7-18(19)22/h3-4,7-12,17,22H,2,5-6,13-14H2,1H3. The quantitative estimate of drug-likeness (QED) is 0.873. The summed E-state index contributed by atoms with van der Waals surface area (Å²) in [6.45, 7) is 3.23. The highest BCUT2D eigenvalue weighted by Crippen LogP contribution is 2.33. The monoisotopic (exact) mass is 341 g/mol. The van der Waals surface area contributed by atoms with Crippen molar-refractivity contribution in [1.82, 2.24) is 4.90 Å². The van der Waals surface area contributed by atoms with E-state index in [-0.39, 0.29) is 24.3 Å². The van der Waals surface area contributed by atoms with Crippen LogP contribution in [0, 0.1) is 0 Å². The van der Waals surface area contributed by atoms with E-state index in [0.717, 1.165) is 30.7 Å². The van der Waals surface area contributed by atoms with Gasteiger partial charge in [-0.1, -0.05) is 24.3 Å². The van der Waals surface area contributed by atoms with Crippen LogP contribution in [0.15, 0.2) is 48.5 Å². The van der Waals surface area contributed by atoms with Crippen molar-refractivity contribution in [3.05, 3.63) is 54.1 Å². The molecule has 3 rings (SSSR count). The molecule has 1 N–H and O–H groups in total. The maximum atomic E-state index is 12.6. The molecule has 0 saturated carbocycles. The average molecular weight is 341 g/mol. The lowest BCUT2D eigenvalue weighted by atomic mass is 10.0. The summed E-state index contributed by atoms with van der Waals surface area (Å²) in [6.07, 6.45) is 1.91. The van der Waals surface area contributed by atoms with E-state index in [1.165, 1.54) is 0 Å². The van der Waals surface area contributed by atoms with Gasteiger partial charge in [0.1, 0.15) is 5.75 Å². The number of hydrogen-bond acceptors (Lipinski definition) is 4. The molecule has 0 aliphatic carbocycles. The van der Waals surface area contributed by atoms with E-state index in [9.17, 15) is 9.90 Å². The number of amides is 1. The number of ether oxygens (including phenoxy) is 2. The molecule has 1 heterocycles. The summed E-state index contributed by atoms with van der Waals surface area (Å²) in [5.41, 5.74) is 1.11. The minimum atomic E-state index is -0.0783. The minimum absolute atomic E-state index is 0.0415. The van der Waals surface area contributed by atoms with E-state index >= 15 is 0 Å². The predicted octanol–water partition coefficient (Wildman–Crippen LogP) is 3.53. The topological polar surface area (TPSA) is 59.0 Å². The summed E-state index contributed by atoms with van der Waals surface area (Å²) in [5, 5.41) is 9.73. The van der Waals surface area contributed by atoms with Crippen molar-refractivity contribution in [2.75, 3.05) is 19.8 Å². The van der Waals surface area contributed by atoms with Crippen LogP contribution < -0.4 is 9.47 Å². The molecular weight excluding hydrogens is 318 g/mol. The number of para-hydroxylation sites is 2. The summed E-state index contributed by atoms with van der Waals surface area (Å²) in [5.74, 6) is 1.14. The molecule has 0 aromatic heterocycles. The Morgan fingerprint density at radius 3 is 2.64 bits per heavy atom. The van der Waals surface area contributed by atoms with E-state index in [0.29, 0.717) is 12.4 Å². The van der Waals surface area contributed by atoms with Crippen LogP contribution in [0.5, 0.6) is 17.2 Å². The Hall–Kier alpha value is -2.69. The first-order chi connectivity index (χ1) is 12.2. The van der Waals surface area contributed by atoms with Gasteiger partial charge in [0.15, 0.2) is 18.1 Å². The van der Waals surface area contributed by atoms with Gasteiger partial charge in [-0.15, -0.1) is 0 Å². The maximum Gasteiger partial charge on any atom is 0.261 e. The molecule has 0 radical (unpaired) electrons. The molecule has 1 saturated heterocycles. The highest BCUT2D eigenvalue weighted by atomic mass is 16.5. The largest absolute Gasteiger partial charge is 0.504 e. The first-order valence-corrected chi connectivity index (χ1v) is 8.62. The number of carbonyl (C=O) groups excluding carboxylic acids is 1. The Morgan fingerprint density at radius 1 is 1.16 bits per heavy atom. The maximum absolute atomic E-state index is 12.6. The van der Waals surface area contributed by atoms with Crippen LogP contribution in [0.25, 0.3) is 0 Å². The van der Waals surface area contributed by atoms with Crippen LogP contribution in [-0.4, -0.2) is 35.7 Å². The lowest BCUT2D eigenvalue weighted by Crippen LogP contribution is -2.34. The molecule has 25 heavy (non-hydrogen) atoms. The zero-order valence-corrected chi connectivity index (χ0v) is 14.4. The Kier molecular flexibility index (Phi) is 5.43. The van der Waals surface area contributed by atoms with Crippen molar-refractivity contribution in [3.8, 4) is 17.2 Å².